The lowest BCUT2D eigenvalue weighted by Gasteiger charge is -2.36. The second-order valence-electron chi connectivity index (χ2n) is 10.1. The quantitative estimate of drug-likeness (QED) is 0.291. The van der Waals surface area contributed by atoms with Crippen molar-refractivity contribution < 1.29 is 9.53 Å². The fourth-order valence-corrected chi connectivity index (χ4v) is 6.90. The number of rotatable bonds is 10. The predicted octanol–water partition coefficient (Wildman–Crippen LogP) is 6.64. The van der Waals surface area contributed by atoms with E-state index >= 15 is 0 Å². The van der Waals surface area contributed by atoms with Crippen molar-refractivity contribution in [2.75, 3.05) is 11.1 Å². The number of aromatic nitrogens is 3. The van der Waals surface area contributed by atoms with Crippen molar-refractivity contribution in [1.29, 1.82) is 5.26 Å². The molecule has 7 nitrogen and oxygen atoms in total. The van der Waals surface area contributed by atoms with Crippen LogP contribution in [-0.2, 0) is 24.2 Å². The molecule has 2 heterocycles. The molecule has 0 bridgehead atoms. The van der Waals surface area contributed by atoms with Crippen LogP contribution >= 0.6 is 23.1 Å². The maximum absolute atomic E-state index is 12.9. The first-order valence-electron chi connectivity index (χ1n) is 12.9. The lowest BCUT2D eigenvalue weighted by Crippen LogP contribution is -2.28. The van der Waals surface area contributed by atoms with E-state index < -0.39 is 0 Å². The van der Waals surface area contributed by atoms with E-state index in [2.05, 4.69) is 42.4 Å². The van der Waals surface area contributed by atoms with Crippen molar-refractivity contribution in [3.05, 3.63) is 52.2 Å². The molecule has 1 aliphatic carbocycles. The number of nitriles is 1. The SMILES string of the molecule is CCn1c(SCC(=O)Nc2sc3c(c2C#N)CCC(C(C)(C)CC)C3)nnc1C(C)Oc1ccccc1. The number of hydrogen-bond acceptors (Lipinski definition) is 7. The molecule has 0 aliphatic heterocycles. The van der Waals surface area contributed by atoms with Gasteiger partial charge in [0.2, 0.25) is 5.91 Å². The second kappa shape index (κ2) is 11.7. The number of fused-ring (bicyclic) bond motifs is 1. The lowest BCUT2D eigenvalue weighted by atomic mass is 9.69. The van der Waals surface area contributed by atoms with Crippen LogP contribution in [0.3, 0.4) is 0 Å². The zero-order chi connectivity index (χ0) is 26.6. The molecule has 0 spiro atoms. The molecule has 9 heteroatoms. The molecule has 4 rings (SSSR count). The maximum Gasteiger partial charge on any atom is 0.235 e. The summed E-state index contributed by atoms with van der Waals surface area (Å²) in [5, 5.41) is 22.9. The van der Waals surface area contributed by atoms with Gasteiger partial charge in [-0.1, -0.05) is 57.2 Å². The monoisotopic (exact) mass is 537 g/mol. The summed E-state index contributed by atoms with van der Waals surface area (Å²) in [6, 6.07) is 12.0. The molecule has 1 aliphatic rings. The second-order valence-corrected chi connectivity index (χ2v) is 12.1. The summed E-state index contributed by atoms with van der Waals surface area (Å²) in [5.74, 6) is 2.12. The number of para-hydroxylation sites is 1. The van der Waals surface area contributed by atoms with E-state index in [0.29, 0.717) is 28.2 Å². The third kappa shape index (κ3) is 6.02. The molecule has 0 fully saturated rings. The normalized spacial score (nSPS) is 16.1. The number of benzene rings is 1. The van der Waals surface area contributed by atoms with Gasteiger partial charge in [0, 0.05) is 11.4 Å². The molecule has 2 unspecified atom stereocenters. The van der Waals surface area contributed by atoms with Crippen molar-refractivity contribution in [2.24, 2.45) is 11.3 Å². The standard InChI is InChI=1S/C28H35N5O2S2/c1-6-28(4,5)19-13-14-21-22(16-29)26(37-23(21)15-19)30-24(34)17-36-27-32-31-25(33(27)7-2)18(3)35-20-11-9-8-10-12-20/h8-12,18-19H,6-7,13-15,17H2,1-5H3,(H,30,34). The lowest BCUT2D eigenvalue weighted by molar-refractivity contribution is -0.113. The minimum Gasteiger partial charge on any atom is -0.483 e. The van der Waals surface area contributed by atoms with Gasteiger partial charge in [-0.15, -0.1) is 21.5 Å². The Morgan fingerprint density at radius 2 is 2.08 bits per heavy atom. The molecule has 37 heavy (non-hydrogen) atoms. The maximum atomic E-state index is 12.9. The molecule has 3 aromatic rings. The van der Waals surface area contributed by atoms with E-state index in [1.165, 1.54) is 16.6 Å². The summed E-state index contributed by atoms with van der Waals surface area (Å²) in [7, 11) is 0. The van der Waals surface area contributed by atoms with E-state index in [4.69, 9.17) is 4.74 Å². The van der Waals surface area contributed by atoms with Gasteiger partial charge < -0.3 is 14.6 Å². The molecule has 2 atom stereocenters. The number of thioether (sulfide) groups is 1. The van der Waals surface area contributed by atoms with E-state index in [1.807, 2.05) is 48.7 Å². The van der Waals surface area contributed by atoms with Crippen LogP contribution in [0.2, 0.25) is 0 Å². The van der Waals surface area contributed by atoms with Crippen LogP contribution in [0.1, 0.15) is 75.4 Å². The first-order valence-corrected chi connectivity index (χ1v) is 14.7. The largest absolute Gasteiger partial charge is 0.483 e. The first-order chi connectivity index (χ1) is 17.8. The third-order valence-corrected chi connectivity index (χ3v) is 9.60. The summed E-state index contributed by atoms with van der Waals surface area (Å²) in [6.45, 7) is 11.5. The Morgan fingerprint density at radius 3 is 2.76 bits per heavy atom. The fourth-order valence-electron chi connectivity index (χ4n) is 4.80. The topological polar surface area (TPSA) is 92.8 Å². The van der Waals surface area contributed by atoms with E-state index in [0.717, 1.165) is 42.8 Å². The van der Waals surface area contributed by atoms with Crippen molar-refractivity contribution in [1.82, 2.24) is 14.8 Å². The van der Waals surface area contributed by atoms with E-state index in [9.17, 15) is 10.1 Å². The Kier molecular flexibility index (Phi) is 8.60. The Labute approximate surface area is 227 Å². The highest BCUT2D eigenvalue weighted by Crippen LogP contribution is 2.45. The number of nitrogens with zero attached hydrogens (tertiary/aromatic N) is 4. The number of hydrogen-bond donors (Lipinski definition) is 1. The smallest absolute Gasteiger partial charge is 0.235 e. The molecular weight excluding hydrogens is 502 g/mol. The zero-order valence-electron chi connectivity index (χ0n) is 22.2. The van der Waals surface area contributed by atoms with Crippen LogP contribution in [0, 0.1) is 22.7 Å². The van der Waals surface area contributed by atoms with Crippen LogP contribution in [0.25, 0.3) is 0 Å². The number of carbonyl (C=O) groups is 1. The Hall–Kier alpha value is -2.83. The van der Waals surface area contributed by atoms with Gasteiger partial charge in [-0.2, -0.15) is 5.26 Å². The zero-order valence-corrected chi connectivity index (χ0v) is 23.8. The van der Waals surface area contributed by atoms with Gasteiger partial charge in [0.25, 0.3) is 0 Å². The summed E-state index contributed by atoms with van der Waals surface area (Å²) in [6.07, 6.45) is 3.82. The van der Waals surface area contributed by atoms with Gasteiger partial charge >= 0.3 is 0 Å². The third-order valence-electron chi connectivity index (χ3n) is 7.46. The van der Waals surface area contributed by atoms with Gasteiger partial charge in [0.1, 0.15) is 16.8 Å². The summed E-state index contributed by atoms with van der Waals surface area (Å²) in [4.78, 5) is 14.2. The van der Waals surface area contributed by atoms with Crippen LogP contribution in [0.5, 0.6) is 5.75 Å². The van der Waals surface area contributed by atoms with Crippen molar-refractivity contribution in [3.63, 3.8) is 0 Å². The molecule has 1 aromatic carbocycles. The van der Waals surface area contributed by atoms with Gasteiger partial charge in [0.05, 0.1) is 11.3 Å². The van der Waals surface area contributed by atoms with Crippen molar-refractivity contribution >= 4 is 34.0 Å². The molecule has 0 saturated heterocycles. The number of carbonyl (C=O) groups excluding carboxylic acids is 1. The van der Waals surface area contributed by atoms with Crippen LogP contribution in [0.4, 0.5) is 5.00 Å². The van der Waals surface area contributed by atoms with Crippen molar-refractivity contribution in [3.8, 4) is 11.8 Å². The highest BCUT2D eigenvalue weighted by Gasteiger charge is 2.34. The van der Waals surface area contributed by atoms with Gasteiger partial charge in [-0.05, 0) is 62.1 Å². The minimum absolute atomic E-state index is 0.147. The Balaban J connectivity index is 1.41. The average molecular weight is 538 g/mol. The predicted molar refractivity (Wildman–Crippen MR) is 149 cm³/mol. The summed E-state index contributed by atoms with van der Waals surface area (Å²) < 4.78 is 8.00. The molecule has 0 radical (unpaired) electrons. The molecule has 1 amide bonds. The molecular formula is C28H35N5O2S2. The number of amides is 1. The Morgan fingerprint density at radius 1 is 1.32 bits per heavy atom. The summed E-state index contributed by atoms with van der Waals surface area (Å²) in [5.41, 5.74) is 2.03. The van der Waals surface area contributed by atoms with Gasteiger partial charge in [0.15, 0.2) is 17.1 Å². The van der Waals surface area contributed by atoms with E-state index in [-0.39, 0.29) is 23.2 Å². The fraction of sp³-hybridized carbons (Fsp3) is 0.500. The highest BCUT2D eigenvalue weighted by molar-refractivity contribution is 7.99. The molecule has 196 valence electrons. The average Bonchev–Trinajstić information content (AvgIpc) is 3.47. The number of ether oxygens (including phenoxy) is 1. The van der Waals surface area contributed by atoms with Gasteiger partial charge in [-0.3, -0.25) is 4.79 Å². The number of anilines is 1. The number of thiophene rings is 1. The molecule has 1 N–H and O–H groups in total. The van der Waals surface area contributed by atoms with Crippen LogP contribution in [0.15, 0.2) is 35.5 Å². The van der Waals surface area contributed by atoms with Gasteiger partial charge in [-0.25, -0.2) is 0 Å². The van der Waals surface area contributed by atoms with Crippen LogP contribution in [-0.4, -0.2) is 26.4 Å². The minimum atomic E-state index is -0.282. The number of nitrogens with one attached hydrogen (secondary N) is 1. The summed E-state index contributed by atoms with van der Waals surface area (Å²) >= 11 is 2.91. The van der Waals surface area contributed by atoms with Crippen molar-refractivity contribution in [2.45, 2.75) is 78.1 Å². The van der Waals surface area contributed by atoms with E-state index in [1.54, 1.807) is 11.3 Å². The molecule has 0 saturated carbocycles. The first kappa shape index (κ1) is 27.2. The molecule has 2 aromatic heterocycles. The van der Waals surface area contributed by atoms with Crippen LogP contribution < -0.4 is 10.1 Å². The highest BCUT2D eigenvalue weighted by atomic mass is 32.2. The Bertz CT molecular complexity index is 1280.